The summed E-state index contributed by atoms with van der Waals surface area (Å²) in [4.78, 5) is 12.5. The Morgan fingerprint density at radius 2 is 1.92 bits per heavy atom. The minimum atomic E-state index is -0.145. The Labute approximate surface area is 151 Å². The van der Waals surface area contributed by atoms with Crippen molar-refractivity contribution in [2.45, 2.75) is 26.4 Å². The van der Waals surface area contributed by atoms with Crippen LogP contribution in [-0.4, -0.2) is 25.7 Å². The molecule has 0 aromatic heterocycles. The van der Waals surface area contributed by atoms with Crippen LogP contribution in [0.4, 0.5) is 0 Å². The fraction of sp³-hybridized carbons (Fsp3) is 0.316. The van der Waals surface area contributed by atoms with Gasteiger partial charge in [-0.2, -0.15) is 0 Å². The summed E-state index contributed by atoms with van der Waals surface area (Å²) in [5, 5.41) is 2.94. The van der Waals surface area contributed by atoms with Crippen molar-refractivity contribution in [2.75, 3.05) is 13.7 Å². The summed E-state index contributed by atoms with van der Waals surface area (Å²) < 4.78 is 11.9. The molecular formula is C19H22BrNO3. The van der Waals surface area contributed by atoms with Crippen LogP contribution in [0.5, 0.6) is 11.5 Å². The molecule has 0 spiro atoms. The predicted molar refractivity (Wildman–Crippen MR) is 98.9 cm³/mol. The highest BCUT2D eigenvalue weighted by molar-refractivity contribution is 9.10. The zero-order chi connectivity index (χ0) is 17.5. The lowest BCUT2D eigenvalue weighted by atomic mass is 10.1. The van der Waals surface area contributed by atoms with Gasteiger partial charge in [0.1, 0.15) is 11.5 Å². The molecule has 0 fully saturated rings. The number of ether oxygens (including phenoxy) is 2. The Bertz CT molecular complexity index is 701. The lowest BCUT2D eigenvalue weighted by Gasteiger charge is -2.15. The molecule has 1 N–H and O–H groups in total. The van der Waals surface area contributed by atoms with Crippen LogP contribution in [-0.2, 0) is 6.42 Å². The minimum Gasteiger partial charge on any atom is -0.496 e. The van der Waals surface area contributed by atoms with Gasteiger partial charge in [-0.3, -0.25) is 4.79 Å². The second-order valence-corrected chi connectivity index (χ2v) is 6.54. The molecule has 0 bridgehead atoms. The van der Waals surface area contributed by atoms with Gasteiger partial charge in [0.25, 0.3) is 5.91 Å². The van der Waals surface area contributed by atoms with E-state index in [1.807, 2.05) is 50.2 Å². The van der Waals surface area contributed by atoms with Crippen molar-refractivity contribution >= 4 is 21.8 Å². The Kier molecular flexibility index (Phi) is 6.67. The van der Waals surface area contributed by atoms with Gasteiger partial charge in [-0.25, -0.2) is 0 Å². The van der Waals surface area contributed by atoms with Crippen molar-refractivity contribution in [2.24, 2.45) is 0 Å². The average Bonchev–Trinajstić information content (AvgIpc) is 2.54. The van der Waals surface area contributed by atoms with Crippen molar-refractivity contribution in [1.29, 1.82) is 0 Å². The summed E-state index contributed by atoms with van der Waals surface area (Å²) in [6.07, 6.45) is 0.701. The summed E-state index contributed by atoms with van der Waals surface area (Å²) in [6, 6.07) is 13.2. The monoisotopic (exact) mass is 391 g/mol. The summed E-state index contributed by atoms with van der Waals surface area (Å²) in [5.74, 6) is 1.27. The molecule has 0 saturated carbocycles. The Morgan fingerprint density at radius 3 is 2.62 bits per heavy atom. The smallest absolute Gasteiger partial charge is 0.255 e. The van der Waals surface area contributed by atoms with Gasteiger partial charge in [0.05, 0.1) is 18.8 Å². The van der Waals surface area contributed by atoms with E-state index >= 15 is 0 Å². The highest BCUT2D eigenvalue weighted by Crippen LogP contribution is 2.25. The number of benzene rings is 2. The van der Waals surface area contributed by atoms with E-state index in [1.165, 1.54) is 0 Å². The molecule has 2 aromatic carbocycles. The maximum atomic E-state index is 12.5. The number of hydrogen-bond acceptors (Lipinski definition) is 3. The number of nitrogens with one attached hydrogen (secondary N) is 1. The topological polar surface area (TPSA) is 47.6 Å². The van der Waals surface area contributed by atoms with Crippen LogP contribution in [0, 0.1) is 0 Å². The molecular weight excluding hydrogens is 370 g/mol. The maximum Gasteiger partial charge on any atom is 0.255 e. The molecule has 24 heavy (non-hydrogen) atoms. The number of carbonyl (C=O) groups excluding carboxylic acids is 1. The van der Waals surface area contributed by atoms with Crippen molar-refractivity contribution in [3.63, 3.8) is 0 Å². The molecule has 0 heterocycles. The van der Waals surface area contributed by atoms with Gasteiger partial charge in [0.15, 0.2) is 0 Å². The van der Waals surface area contributed by atoms with E-state index in [-0.39, 0.29) is 12.0 Å². The molecule has 0 saturated heterocycles. The Hall–Kier alpha value is -2.01. The molecule has 0 unspecified atom stereocenters. The van der Waals surface area contributed by atoms with Gasteiger partial charge < -0.3 is 14.8 Å². The number of carbonyl (C=O) groups is 1. The van der Waals surface area contributed by atoms with E-state index in [0.29, 0.717) is 24.3 Å². The molecule has 1 amide bonds. The summed E-state index contributed by atoms with van der Waals surface area (Å²) in [7, 11) is 1.65. The second kappa shape index (κ2) is 8.73. The third kappa shape index (κ3) is 4.99. The standard InChI is InChI=1S/C19H22BrNO3/c1-13(2)24-18-12-15(20)8-9-16(18)19(22)21-11-10-14-6-4-5-7-17(14)23-3/h4-9,12-13H,10-11H2,1-3H3,(H,21,22). The normalized spacial score (nSPS) is 10.5. The number of hydrogen-bond donors (Lipinski definition) is 1. The first-order valence-electron chi connectivity index (χ1n) is 7.87. The molecule has 0 aliphatic rings. The van der Waals surface area contributed by atoms with Crippen LogP contribution in [0.25, 0.3) is 0 Å². The van der Waals surface area contributed by atoms with Gasteiger partial charge in [0.2, 0.25) is 0 Å². The van der Waals surface area contributed by atoms with Crippen molar-refractivity contribution < 1.29 is 14.3 Å². The summed E-state index contributed by atoms with van der Waals surface area (Å²) in [5.41, 5.74) is 1.60. The first-order chi connectivity index (χ1) is 11.5. The maximum absolute atomic E-state index is 12.5. The molecule has 0 aliphatic carbocycles. The Morgan fingerprint density at radius 1 is 1.17 bits per heavy atom. The van der Waals surface area contributed by atoms with Crippen molar-refractivity contribution in [3.8, 4) is 11.5 Å². The molecule has 0 aliphatic heterocycles. The van der Waals surface area contributed by atoms with Gasteiger partial charge in [0, 0.05) is 11.0 Å². The van der Waals surface area contributed by atoms with Crippen LogP contribution < -0.4 is 14.8 Å². The van der Waals surface area contributed by atoms with E-state index in [2.05, 4.69) is 21.2 Å². The van der Waals surface area contributed by atoms with Gasteiger partial charge in [-0.15, -0.1) is 0 Å². The average molecular weight is 392 g/mol. The van der Waals surface area contributed by atoms with E-state index in [4.69, 9.17) is 9.47 Å². The molecule has 5 heteroatoms. The van der Waals surface area contributed by atoms with Crippen LogP contribution in [0.3, 0.4) is 0 Å². The molecule has 2 aromatic rings. The second-order valence-electron chi connectivity index (χ2n) is 5.62. The molecule has 2 rings (SSSR count). The molecule has 128 valence electrons. The minimum absolute atomic E-state index is 0.000528. The van der Waals surface area contributed by atoms with E-state index in [1.54, 1.807) is 13.2 Å². The summed E-state index contributed by atoms with van der Waals surface area (Å²) >= 11 is 3.41. The van der Waals surface area contributed by atoms with Crippen LogP contribution >= 0.6 is 15.9 Å². The van der Waals surface area contributed by atoms with E-state index in [9.17, 15) is 4.79 Å². The largest absolute Gasteiger partial charge is 0.496 e. The lowest BCUT2D eigenvalue weighted by Crippen LogP contribution is -2.26. The highest BCUT2D eigenvalue weighted by atomic mass is 79.9. The fourth-order valence-electron chi connectivity index (χ4n) is 2.35. The molecule has 0 radical (unpaired) electrons. The number of para-hydroxylation sites is 1. The first-order valence-corrected chi connectivity index (χ1v) is 8.67. The van der Waals surface area contributed by atoms with Gasteiger partial charge in [-0.05, 0) is 50.1 Å². The van der Waals surface area contributed by atoms with Gasteiger partial charge >= 0.3 is 0 Å². The number of amides is 1. The van der Waals surface area contributed by atoms with Crippen molar-refractivity contribution in [3.05, 3.63) is 58.1 Å². The third-order valence-electron chi connectivity index (χ3n) is 3.42. The van der Waals surface area contributed by atoms with Crippen LogP contribution in [0.2, 0.25) is 0 Å². The molecule has 0 atom stereocenters. The lowest BCUT2D eigenvalue weighted by molar-refractivity contribution is 0.0948. The Balaban J connectivity index is 2.02. The van der Waals surface area contributed by atoms with Crippen LogP contribution in [0.15, 0.2) is 46.9 Å². The number of methoxy groups -OCH3 is 1. The SMILES string of the molecule is COc1ccccc1CCNC(=O)c1ccc(Br)cc1OC(C)C. The zero-order valence-electron chi connectivity index (χ0n) is 14.1. The van der Waals surface area contributed by atoms with Crippen molar-refractivity contribution in [1.82, 2.24) is 5.32 Å². The quantitative estimate of drug-likeness (QED) is 0.768. The number of halogens is 1. The third-order valence-corrected chi connectivity index (χ3v) is 3.92. The highest BCUT2D eigenvalue weighted by Gasteiger charge is 2.14. The number of rotatable bonds is 7. The van der Waals surface area contributed by atoms with Crippen LogP contribution in [0.1, 0.15) is 29.8 Å². The molecule has 4 nitrogen and oxygen atoms in total. The van der Waals surface area contributed by atoms with E-state index < -0.39 is 0 Å². The van der Waals surface area contributed by atoms with Gasteiger partial charge in [-0.1, -0.05) is 34.1 Å². The fourth-order valence-corrected chi connectivity index (χ4v) is 2.69. The van der Waals surface area contributed by atoms with E-state index in [0.717, 1.165) is 15.8 Å². The summed E-state index contributed by atoms with van der Waals surface area (Å²) in [6.45, 7) is 4.39. The predicted octanol–water partition coefficient (Wildman–Crippen LogP) is 4.22. The first kappa shape index (κ1) is 18.3. The zero-order valence-corrected chi connectivity index (χ0v) is 15.7.